The molecule has 0 fully saturated rings. The van der Waals surface area contributed by atoms with Crippen molar-refractivity contribution in [1.82, 2.24) is 20.2 Å². The molecule has 94 valence electrons. The van der Waals surface area contributed by atoms with Gasteiger partial charge >= 0.3 is 6.01 Å². The van der Waals surface area contributed by atoms with Crippen LogP contribution in [0.2, 0.25) is 0 Å². The normalized spacial score (nSPS) is 10.1. The van der Waals surface area contributed by atoms with E-state index >= 15 is 0 Å². The predicted molar refractivity (Wildman–Crippen MR) is 58.3 cm³/mol. The number of rotatable bonds is 4. The van der Waals surface area contributed by atoms with Crippen molar-refractivity contribution in [2.75, 3.05) is 12.4 Å². The van der Waals surface area contributed by atoms with Crippen molar-refractivity contribution in [3.05, 3.63) is 28.1 Å². The number of ether oxygens (including phenoxy) is 1. The molecule has 10 heteroatoms. The molecule has 0 radical (unpaired) electrons. The van der Waals surface area contributed by atoms with Crippen LogP contribution < -0.4 is 10.1 Å². The molecule has 0 saturated heterocycles. The van der Waals surface area contributed by atoms with Gasteiger partial charge in [0.15, 0.2) is 0 Å². The molecule has 2 aromatic rings. The number of methoxy groups -OCH3 is 1. The molecule has 0 aliphatic rings. The lowest BCUT2D eigenvalue weighted by molar-refractivity contribution is -0.384. The summed E-state index contributed by atoms with van der Waals surface area (Å²) >= 11 is 0. The molecule has 2 heterocycles. The Labute approximate surface area is 99.5 Å². The minimum Gasteiger partial charge on any atom is -0.466 e. The molecule has 2 aromatic heterocycles. The number of hydrogen-bond donors (Lipinski definition) is 3. The highest BCUT2D eigenvalue weighted by molar-refractivity contribution is 6.02. The van der Waals surface area contributed by atoms with Gasteiger partial charge in [-0.3, -0.25) is 20.2 Å². The van der Waals surface area contributed by atoms with E-state index in [1.54, 1.807) is 0 Å². The van der Waals surface area contributed by atoms with Gasteiger partial charge in [0.25, 0.3) is 11.6 Å². The average molecular weight is 252 g/mol. The summed E-state index contributed by atoms with van der Waals surface area (Å²) in [4.78, 5) is 27.7. The van der Waals surface area contributed by atoms with E-state index in [0.717, 1.165) is 12.3 Å². The molecule has 0 spiro atoms. The number of hydrogen-bond acceptors (Lipinski definition) is 6. The van der Waals surface area contributed by atoms with E-state index in [1.807, 2.05) is 0 Å². The Balaban J connectivity index is 2.09. The number of anilines is 1. The van der Waals surface area contributed by atoms with Crippen molar-refractivity contribution in [2.45, 2.75) is 0 Å². The largest absolute Gasteiger partial charge is 0.466 e. The van der Waals surface area contributed by atoms with Crippen LogP contribution in [0.25, 0.3) is 0 Å². The van der Waals surface area contributed by atoms with E-state index in [1.165, 1.54) is 7.11 Å². The van der Waals surface area contributed by atoms with Gasteiger partial charge in [0.2, 0.25) is 5.95 Å². The van der Waals surface area contributed by atoms with Crippen LogP contribution in [0.1, 0.15) is 10.5 Å². The first-order valence-corrected chi connectivity index (χ1v) is 4.70. The molecule has 0 unspecified atom stereocenters. The summed E-state index contributed by atoms with van der Waals surface area (Å²) in [5.74, 6) is -0.504. The van der Waals surface area contributed by atoms with E-state index in [-0.39, 0.29) is 23.3 Å². The van der Waals surface area contributed by atoms with Crippen molar-refractivity contribution in [3.63, 3.8) is 0 Å². The summed E-state index contributed by atoms with van der Waals surface area (Å²) in [6.45, 7) is 0. The monoisotopic (exact) mass is 252 g/mol. The van der Waals surface area contributed by atoms with E-state index in [0.29, 0.717) is 0 Å². The number of nitrogens with one attached hydrogen (secondary N) is 3. The van der Waals surface area contributed by atoms with Gasteiger partial charge in [-0.05, 0) is 0 Å². The summed E-state index contributed by atoms with van der Waals surface area (Å²) in [5.41, 5.74) is -0.160. The minimum absolute atomic E-state index is 0.0390. The third-order valence-electron chi connectivity index (χ3n) is 2.00. The average Bonchev–Trinajstić information content (AvgIpc) is 2.97. The summed E-state index contributed by atoms with van der Waals surface area (Å²) in [6, 6.07) is 1.19. The number of carbonyl (C=O) groups is 1. The van der Waals surface area contributed by atoms with Crippen molar-refractivity contribution in [1.29, 1.82) is 0 Å². The van der Waals surface area contributed by atoms with Crippen LogP contribution in [0.15, 0.2) is 12.3 Å². The summed E-state index contributed by atoms with van der Waals surface area (Å²) in [7, 11) is 1.38. The Morgan fingerprint density at radius 1 is 1.61 bits per heavy atom. The van der Waals surface area contributed by atoms with Gasteiger partial charge in [-0.2, -0.15) is 4.98 Å². The first-order valence-electron chi connectivity index (χ1n) is 4.70. The Bertz CT molecular complexity index is 588. The van der Waals surface area contributed by atoms with Crippen LogP contribution in [-0.4, -0.2) is 38.1 Å². The van der Waals surface area contributed by atoms with Crippen molar-refractivity contribution in [3.8, 4) is 6.01 Å². The van der Waals surface area contributed by atoms with Gasteiger partial charge < -0.3 is 9.72 Å². The Morgan fingerprint density at radius 2 is 2.39 bits per heavy atom. The molecule has 10 nitrogen and oxygen atoms in total. The molecule has 0 aliphatic heterocycles. The van der Waals surface area contributed by atoms with Crippen molar-refractivity contribution >= 4 is 17.5 Å². The van der Waals surface area contributed by atoms with Crippen LogP contribution in [0.3, 0.4) is 0 Å². The number of aromatic amines is 2. The van der Waals surface area contributed by atoms with Crippen LogP contribution in [0.4, 0.5) is 11.6 Å². The van der Waals surface area contributed by atoms with Gasteiger partial charge in [-0.15, -0.1) is 5.10 Å². The number of aromatic nitrogens is 4. The third kappa shape index (κ3) is 2.26. The van der Waals surface area contributed by atoms with Gasteiger partial charge in [0, 0.05) is 6.07 Å². The van der Waals surface area contributed by atoms with Gasteiger partial charge in [-0.1, -0.05) is 0 Å². The number of carbonyl (C=O) groups excluding carboxylic acids is 1. The maximum atomic E-state index is 11.7. The highest BCUT2D eigenvalue weighted by Gasteiger charge is 2.15. The molecule has 0 bridgehead atoms. The van der Waals surface area contributed by atoms with Gasteiger partial charge in [0.1, 0.15) is 5.69 Å². The number of H-pyrrole nitrogens is 2. The van der Waals surface area contributed by atoms with Crippen molar-refractivity contribution < 1.29 is 14.5 Å². The molecule has 2 rings (SSSR count). The number of nitrogens with zero attached hydrogens (tertiary/aromatic N) is 3. The lowest BCUT2D eigenvalue weighted by Crippen LogP contribution is -2.13. The SMILES string of the molecule is COc1n[nH]c(NC(=O)c2cc([N+](=O)[O-])c[nH]2)n1. The zero-order valence-electron chi connectivity index (χ0n) is 9.13. The Morgan fingerprint density at radius 3 is 2.94 bits per heavy atom. The quantitative estimate of drug-likeness (QED) is 0.528. The third-order valence-corrected chi connectivity index (χ3v) is 2.00. The van der Waals surface area contributed by atoms with E-state index in [2.05, 4.69) is 25.5 Å². The fraction of sp³-hybridized carbons (Fsp3) is 0.125. The predicted octanol–water partition coefficient (Wildman–Crippen LogP) is 0.302. The van der Waals surface area contributed by atoms with E-state index in [9.17, 15) is 14.9 Å². The van der Waals surface area contributed by atoms with Crippen LogP contribution in [0, 0.1) is 10.1 Å². The van der Waals surface area contributed by atoms with Gasteiger partial charge in [-0.25, -0.2) is 5.10 Å². The molecule has 0 aromatic carbocycles. The maximum Gasteiger partial charge on any atom is 0.336 e. The topological polar surface area (TPSA) is 139 Å². The number of amides is 1. The van der Waals surface area contributed by atoms with E-state index in [4.69, 9.17) is 4.74 Å². The van der Waals surface area contributed by atoms with Gasteiger partial charge in [0.05, 0.1) is 18.2 Å². The first-order chi connectivity index (χ1) is 8.60. The second kappa shape index (κ2) is 4.53. The number of nitro groups is 1. The Kier molecular flexibility index (Phi) is 2.91. The molecule has 0 aliphatic carbocycles. The van der Waals surface area contributed by atoms with Crippen molar-refractivity contribution in [2.24, 2.45) is 0 Å². The highest BCUT2D eigenvalue weighted by Crippen LogP contribution is 2.13. The molecular weight excluding hydrogens is 244 g/mol. The second-order valence-corrected chi connectivity index (χ2v) is 3.15. The molecule has 3 N–H and O–H groups in total. The maximum absolute atomic E-state index is 11.7. The van der Waals surface area contributed by atoms with E-state index < -0.39 is 10.8 Å². The second-order valence-electron chi connectivity index (χ2n) is 3.15. The lowest BCUT2D eigenvalue weighted by atomic mass is 10.4. The zero-order chi connectivity index (χ0) is 13.1. The molecule has 18 heavy (non-hydrogen) atoms. The minimum atomic E-state index is -0.606. The smallest absolute Gasteiger partial charge is 0.336 e. The fourth-order valence-corrected chi connectivity index (χ4v) is 1.19. The highest BCUT2D eigenvalue weighted by atomic mass is 16.6. The van der Waals surface area contributed by atoms with Crippen LogP contribution >= 0.6 is 0 Å². The summed E-state index contributed by atoms with van der Waals surface area (Å²) in [5, 5.41) is 18.9. The molecule has 1 amide bonds. The Hall–Kier alpha value is -2.91. The molecule has 0 saturated carbocycles. The molecule has 0 atom stereocenters. The fourth-order valence-electron chi connectivity index (χ4n) is 1.19. The summed E-state index contributed by atoms with van der Waals surface area (Å²) in [6.07, 6.45) is 1.12. The molecular formula is C8H8N6O4. The lowest BCUT2D eigenvalue weighted by Gasteiger charge is -1.96. The summed E-state index contributed by atoms with van der Waals surface area (Å²) < 4.78 is 4.72. The standard InChI is InChI=1S/C8H8N6O4/c1-18-8-11-7(12-13-8)10-6(15)5-2-4(3-9-5)14(16)17/h2-3,9H,1H3,(H2,10,11,12,13,15). The first kappa shape index (κ1) is 11.6. The van der Waals surface area contributed by atoms with Crippen LogP contribution in [-0.2, 0) is 0 Å². The zero-order valence-corrected chi connectivity index (χ0v) is 9.13. The van der Waals surface area contributed by atoms with Crippen LogP contribution in [0.5, 0.6) is 6.01 Å².